The molecule has 1 aromatic carbocycles. The topological polar surface area (TPSA) is 22.0 Å². The molecule has 0 bridgehead atoms. The van der Waals surface area contributed by atoms with Crippen molar-refractivity contribution in [3.8, 4) is 0 Å². The van der Waals surface area contributed by atoms with Crippen LogP contribution in [0.25, 0.3) is 10.9 Å². The number of aryl methyl sites for hydroxylation is 1. The lowest BCUT2D eigenvalue weighted by Crippen LogP contribution is -2.10. The smallest absolute Gasteiger partial charge is 0.234 e. The normalized spacial score (nSPS) is 15.6. The van der Waals surface area contributed by atoms with Crippen molar-refractivity contribution in [2.75, 3.05) is 0 Å². The number of benzene rings is 1. The second-order valence-electron chi connectivity index (χ2n) is 4.54. The largest absolute Gasteiger partial charge is 0.287 e. The van der Waals surface area contributed by atoms with Crippen LogP contribution in [0, 0.1) is 5.92 Å². The van der Waals surface area contributed by atoms with E-state index in [1.54, 1.807) is 0 Å². The van der Waals surface area contributed by atoms with Gasteiger partial charge >= 0.3 is 0 Å². The molecule has 0 saturated heterocycles. The molecule has 0 aliphatic heterocycles. The molecular weight excluding hydrogens is 198 g/mol. The molecular formula is C14H15NO. The summed E-state index contributed by atoms with van der Waals surface area (Å²) in [5.74, 6) is 0.542. The van der Waals surface area contributed by atoms with Crippen molar-refractivity contribution >= 4 is 16.8 Å². The minimum absolute atomic E-state index is 0.263. The highest BCUT2D eigenvalue weighted by molar-refractivity contribution is 5.94. The molecule has 1 aliphatic rings. The number of carbonyl (C=O) groups is 1. The Bertz CT molecular complexity index is 549. The minimum Gasteiger partial charge on any atom is -0.287 e. The average molecular weight is 213 g/mol. The fraction of sp³-hybridized carbons (Fsp3) is 0.357. The van der Waals surface area contributed by atoms with Crippen LogP contribution in [-0.4, -0.2) is 10.5 Å². The summed E-state index contributed by atoms with van der Waals surface area (Å²) in [6.45, 7) is 2.15. The quantitative estimate of drug-likeness (QED) is 0.750. The highest BCUT2D eigenvalue weighted by atomic mass is 16.2. The van der Waals surface area contributed by atoms with Crippen LogP contribution in [0.1, 0.15) is 30.1 Å². The number of carbonyl (C=O) groups excluding carboxylic acids is 1. The number of rotatable bonds is 2. The molecule has 1 aromatic heterocycles. The van der Waals surface area contributed by atoms with Gasteiger partial charge in [0.15, 0.2) is 0 Å². The van der Waals surface area contributed by atoms with Gasteiger partial charge in [-0.15, -0.1) is 0 Å². The van der Waals surface area contributed by atoms with E-state index in [0.717, 1.165) is 24.8 Å². The Balaban J connectivity index is 2.09. The van der Waals surface area contributed by atoms with Crippen molar-refractivity contribution in [2.24, 2.45) is 5.92 Å². The molecule has 0 unspecified atom stereocenters. The van der Waals surface area contributed by atoms with E-state index >= 15 is 0 Å². The van der Waals surface area contributed by atoms with Crippen molar-refractivity contribution in [1.82, 2.24) is 4.57 Å². The summed E-state index contributed by atoms with van der Waals surface area (Å²) in [6.07, 6.45) is 5.07. The van der Waals surface area contributed by atoms with Crippen molar-refractivity contribution in [1.29, 1.82) is 0 Å². The summed E-state index contributed by atoms with van der Waals surface area (Å²) in [4.78, 5) is 12.0. The Morgan fingerprint density at radius 2 is 2.19 bits per heavy atom. The molecule has 1 heterocycles. The zero-order valence-electron chi connectivity index (χ0n) is 9.44. The van der Waals surface area contributed by atoms with Crippen molar-refractivity contribution in [2.45, 2.75) is 26.2 Å². The standard InChI is InChI=1S/C14H15NO/c1-2-10-3-6-13-12(9-10)7-8-15(13)14(16)11-4-5-11/h3,6-9,11H,2,4-5H2,1H3. The van der Waals surface area contributed by atoms with Crippen LogP contribution in [0.2, 0.25) is 0 Å². The number of hydrogen-bond donors (Lipinski definition) is 0. The molecule has 0 radical (unpaired) electrons. The SMILES string of the molecule is CCc1ccc2c(ccn2C(=O)C2CC2)c1. The molecule has 2 nitrogen and oxygen atoms in total. The van der Waals surface area contributed by atoms with E-state index < -0.39 is 0 Å². The van der Waals surface area contributed by atoms with Gasteiger partial charge in [-0.3, -0.25) is 9.36 Å². The molecule has 1 aliphatic carbocycles. The van der Waals surface area contributed by atoms with E-state index in [-0.39, 0.29) is 11.8 Å². The van der Waals surface area contributed by atoms with Crippen LogP contribution < -0.4 is 0 Å². The molecule has 0 N–H and O–H groups in total. The Hall–Kier alpha value is -1.57. The Morgan fingerprint density at radius 1 is 1.38 bits per heavy atom. The maximum atomic E-state index is 12.0. The first kappa shape index (κ1) is 9.64. The number of hydrogen-bond acceptors (Lipinski definition) is 1. The Labute approximate surface area is 94.9 Å². The first-order valence-electron chi connectivity index (χ1n) is 5.94. The maximum absolute atomic E-state index is 12.0. The van der Waals surface area contributed by atoms with Gasteiger partial charge in [-0.25, -0.2) is 0 Å². The van der Waals surface area contributed by atoms with E-state index in [4.69, 9.17) is 0 Å². The summed E-state index contributed by atoms with van der Waals surface area (Å²) >= 11 is 0. The summed E-state index contributed by atoms with van der Waals surface area (Å²) in [5, 5.41) is 1.17. The second kappa shape index (κ2) is 3.48. The maximum Gasteiger partial charge on any atom is 0.234 e. The average Bonchev–Trinajstić information content (AvgIpc) is 3.08. The van der Waals surface area contributed by atoms with Gasteiger partial charge in [-0.2, -0.15) is 0 Å². The van der Waals surface area contributed by atoms with E-state index in [2.05, 4.69) is 25.1 Å². The van der Waals surface area contributed by atoms with E-state index in [9.17, 15) is 4.79 Å². The van der Waals surface area contributed by atoms with Crippen LogP contribution in [0.15, 0.2) is 30.5 Å². The number of fused-ring (bicyclic) bond motifs is 1. The molecule has 1 fully saturated rings. The fourth-order valence-corrected chi connectivity index (χ4v) is 2.13. The lowest BCUT2D eigenvalue weighted by molar-refractivity contribution is 0.0891. The highest BCUT2D eigenvalue weighted by Gasteiger charge is 2.31. The van der Waals surface area contributed by atoms with Gasteiger partial charge < -0.3 is 0 Å². The third kappa shape index (κ3) is 1.45. The molecule has 1 saturated carbocycles. The number of nitrogens with zero attached hydrogens (tertiary/aromatic N) is 1. The summed E-state index contributed by atoms with van der Waals surface area (Å²) in [6, 6.07) is 8.38. The summed E-state index contributed by atoms with van der Waals surface area (Å²) in [7, 11) is 0. The van der Waals surface area contributed by atoms with Crippen LogP contribution in [-0.2, 0) is 6.42 Å². The van der Waals surface area contributed by atoms with Crippen molar-refractivity contribution in [3.63, 3.8) is 0 Å². The third-order valence-corrected chi connectivity index (χ3v) is 3.33. The van der Waals surface area contributed by atoms with Crippen molar-refractivity contribution < 1.29 is 4.79 Å². The Kier molecular flexibility index (Phi) is 2.10. The molecule has 0 spiro atoms. The summed E-state index contributed by atoms with van der Waals surface area (Å²) < 4.78 is 1.81. The molecule has 16 heavy (non-hydrogen) atoms. The predicted octanol–water partition coefficient (Wildman–Crippen LogP) is 3.25. The van der Waals surface area contributed by atoms with Crippen LogP contribution in [0.5, 0.6) is 0 Å². The minimum atomic E-state index is 0.263. The van der Waals surface area contributed by atoms with Gasteiger partial charge in [0.25, 0.3) is 0 Å². The van der Waals surface area contributed by atoms with Gasteiger partial charge in [0.2, 0.25) is 5.91 Å². The molecule has 0 atom stereocenters. The summed E-state index contributed by atoms with van der Waals surface area (Å²) in [5.41, 5.74) is 2.37. The molecule has 82 valence electrons. The predicted molar refractivity (Wildman–Crippen MR) is 64.7 cm³/mol. The van der Waals surface area contributed by atoms with Gasteiger partial charge in [0.1, 0.15) is 0 Å². The highest BCUT2D eigenvalue weighted by Crippen LogP contribution is 2.32. The van der Waals surface area contributed by atoms with Crippen LogP contribution >= 0.6 is 0 Å². The monoisotopic (exact) mass is 213 g/mol. The fourth-order valence-electron chi connectivity index (χ4n) is 2.13. The van der Waals surface area contributed by atoms with Gasteiger partial charge in [-0.05, 0) is 43.0 Å². The van der Waals surface area contributed by atoms with E-state index in [0.29, 0.717) is 0 Å². The lowest BCUT2D eigenvalue weighted by atomic mass is 10.1. The van der Waals surface area contributed by atoms with Gasteiger partial charge in [-0.1, -0.05) is 13.0 Å². The molecule has 2 aromatic rings. The molecule has 2 heteroatoms. The lowest BCUT2D eigenvalue weighted by Gasteiger charge is -2.03. The van der Waals surface area contributed by atoms with Gasteiger partial charge in [0, 0.05) is 17.5 Å². The van der Waals surface area contributed by atoms with E-state index in [1.165, 1.54) is 10.9 Å². The third-order valence-electron chi connectivity index (χ3n) is 3.33. The Morgan fingerprint density at radius 3 is 2.88 bits per heavy atom. The first-order chi connectivity index (χ1) is 7.79. The number of aromatic nitrogens is 1. The van der Waals surface area contributed by atoms with Crippen molar-refractivity contribution in [3.05, 3.63) is 36.0 Å². The zero-order chi connectivity index (χ0) is 11.1. The van der Waals surface area contributed by atoms with Crippen LogP contribution in [0.3, 0.4) is 0 Å². The van der Waals surface area contributed by atoms with E-state index in [1.807, 2.05) is 16.8 Å². The second-order valence-corrected chi connectivity index (χ2v) is 4.54. The van der Waals surface area contributed by atoms with Crippen LogP contribution in [0.4, 0.5) is 0 Å². The zero-order valence-corrected chi connectivity index (χ0v) is 9.44. The van der Waals surface area contributed by atoms with Gasteiger partial charge in [0.05, 0.1) is 5.52 Å². The molecule has 0 amide bonds. The molecule has 3 rings (SSSR count). The first-order valence-corrected chi connectivity index (χ1v) is 5.94.